The number of rotatable bonds is 12. The number of carbonyl (C=O) groups is 3. The van der Waals surface area contributed by atoms with Gasteiger partial charge in [-0.3, -0.25) is 14.9 Å². The maximum atomic E-state index is 13.1. The van der Waals surface area contributed by atoms with Crippen molar-refractivity contribution in [3.63, 3.8) is 0 Å². The number of quaternary nitrogens is 1. The Kier molecular flexibility index (Phi) is 10.6. The third-order valence-corrected chi connectivity index (χ3v) is 8.28. The summed E-state index contributed by atoms with van der Waals surface area (Å²) in [6.45, 7) is 3.35. The average molecular weight is 607 g/mol. The van der Waals surface area contributed by atoms with Gasteiger partial charge in [-0.2, -0.15) is 0 Å². The molecule has 0 unspecified atom stereocenters. The summed E-state index contributed by atoms with van der Waals surface area (Å²) in [5.41, 5.74) is 4.60. The zero-order chi connectivity index (χ0) is 31.5. The molecule has 45 heavy (non-hydrogen) atoms. The molecule has 0 saturated carbocycles. The molecule has 0 aromatic heterocycles. The lowest BCUT2D eigenvalue weighted by atomic mass is 9.99. The number of amides is 2. The van der Waals surface area contributed by atoms with Crippen LogP contribution in [0.15, 0.2) is 103 Å². The van der Waals surface area contributed by atoms with Crippen molar-refractivity contribution in [3.05, 3.63) is 114 Å². The van der Waals surface area contributed by atoms with Crippen LogP contribution in [0.5, 0.6) is 5.75 Å². The van der Waals surface area contributed by atoms with Crippen molar-refractivity contribution < 1.29 is 28.3 Å². The summed E-state index contributed by atoms with van der Waals surface area (Å²) in [5.74, 6) is 0.743. The SMILES string of the molecule is C[N+]1(CCOc2ccccc2)CCC(OC(=O)Nc2cc(CCC(=O)Nc3ccc(C=O)cc3)ccc2-c2ccccc2)CC1. The van der Waals surface area contributed by atoms with Gasteiger partial charge >= 0.3 is 6.09 Å². The number of carbonyl (C=O) groups excluding carboxylic acids is 3. The van der Waals surface area contributed by atoms with Crippen molar-refractivity contribution in [2.45, 2.75) is 31.8 Å². The Morgan fingerprint density at radius 1 is 0.867 bits per heavy atom. The number of ether oxygens (including phenoxy) is 2. The molecule has 0 aliphatic carbocycles. The summed E-state index contributed by atoms with van der Waals surface area (Å²) >= 11 is 0. The number of piperidine rings is 1. The van der Waals surface area contributed by atoms with Gasteiger partial charge in [-0.25, -0.2) is 4.79 Å². The third kappa shape index (κ3) is 9.27. The largest absolute Gasteiger partial charge is 0.488 e. The number of para-hydroxylation sites is 1. The van der Waals surface area contributed by atoms with E-state index in [-0.39, 0.29) is 18.4 Å². The minimum atomic E-state index is -0.477. The Balaban J connectivity index is 1.16. The second-order valence-corrected chi connectivity index (χ2v) is 11.7. The standard InChI is InChI=1S/C37H39N3O5/c1-40(24-25-44-32-10-6-3-7-11-32)22-20-33(21-23-40)45-37(43)39-35-26-28(14-18-34(35)30-8-4-2-5-9-30)15-19-36(42)38-31-16-12-29(27-41)13-17-31/h2-14,16-18,26-27,33H,15,19-25H2,1H3,(H-,38,39,41,42,43)/p+1. The highest BCUT2D eigenvalue weighted by Crippen LogP contribution is 2.30. The molecule has 2 N–H and O–H groups in total. The fourth-order valence-corrected chi connectivity index (χ4v) is 5.55. The number of nitrogens with zero attached hydrogens (tertiary/aromatic N) is 1. The molecule has 232 valence electrons. The molecule has 8 heteroatoms. The second-order valence-electron chi connectivity index (χ2n) is 11.7. The fraction of sp³-hybridized carbons (Fsp3) is 0.270. The first-order chi connectivity index (χ1) is 21.9. The van der Waals surface area contributed by atoms with Crippen LogP contribution in [0.1, 0.15) is 35.2 Å². The van der Waals surface area contributed by atoms with Crippen LogP contribution in [0.2, 0.25) is 0 Å². The molecule has 0 atom stereocenters. The van der Waals surface area contributed by atoms with E-state index in [1.54, 1.807) is 24.3 Å². The predicted octanol–water partition coefficient (Wildman–Crippen LogP) is 6.97. The highest BCUT2D eigenvalue weighted by atomic mass is 16.6. The summed E-state index contributed by atoms with van der Waals surface area (Å²) < 4.78 is 12.7. The van der Waals surface area contributed by atoms with Crippen LogP contribution < -0.4 is 15.4 Å². The molecule has 0 radical (unpaired) electrons. The van der Waals surface area contributed by atoms with Crippen LogP contribution in [0.4, 0.5) is 16.2 Å². The summed E-state index contributed by atoms with van der Waals surface area (Å²) in [5, 5.41) is 5.86. The predicted molar refractivity (Wildman–Crippen MR) is 177 cm³/mol. The zero-order valence-corrected chi connectivity index (χ0v) is 25.6. The van der Waals surface area contributed by atoms with Crippen LogP contribution in [-0.4, -0.2) is 62.2 Å². The molecule has 1 aliphatic heterocycles. The van der Waals surface area contributed by atoms with Gasteiger partial charge in [-0.1, -0.05) is 60.7 Å². The Morgan fingerprint density at radius 2 is 1.56 bits per heavy atom. The van der Waals surface area contributed by atoms with Crippen LogP contribution in [0.3, 0.4) is 0 Å². The van der Waals surface area contributed by atoms with Gasteiger partial charge < -0.3 is 19.3 Å². The number of aryl methyl sites for hydroxylation is 1. The average Bonchev–Trinajstić information content (AvgIpc) is 3.06. The van der Waals surface area contributed by atoms with Crippen LogP contribution in [0, 0.1) is 0 Å². The topological polar surface area (TPSA) is 93.7 Å². The highest BCUT2D eigenvalue weighted by molar-refractivity contribution is 5.93. The molecule has 8 nitrogen and oxygen atoms in total. The number of aldehydes is 1. The second kappa shape index (κ2) is 15.2. The first kappa shape index (κ1) is 31.5. The van der Waals surface area contributed by atoms with Gasteiger partial charge in [0.2, 0.25) is 5.91 Å². The quantitative estimate of drug-likeness (QED) is 0.134. The molecule has 0 spiro atoms. The number of likely N-dealkylation sites (tertiary alicyclic amines) is 1. The molecule has 4 aromatic carbocycles. The molecule has 5 rings (SSSR count). The number of benzene rings is 4. The molecule has 4 aromatic rings. The molecular weight excluding hydrogens is 566 g/mol. The lowest BCUT2D eigenvalue weighted by Gasteiger charge is -2.40. The summed E-state index contributed by atoms with van der Waals surface area (Å²) in [6.07, 6.45) is 2.46. The number of hydrogen-bond donors (Lipinski definition) is 2. The molecule has 1 fully saturated rings. The van der Waals surface area contributed by atoms with Gasteiger partial charge in [0, 0.05) is 36.1 Å². The van der Waals surface area contributed by atoms with Crippen molar-refractivity contribution in [3.8, 4) is 16.9 Å². The van der Waals surface area contributed by atoms with E-state index in [0.717, 1.165) is 65.7 Å². The van der Waals surface area contributed by atoms with Crippen molar-refractivity contribution in [1.29, 1.82) is 0 Å². The molecule has 1 aliphatic rings. The van der Waals surface area contributed by atoms with E-state index in [1.165, 1.54) is 0 Å². The van der Waals surface area contributed by atoms with Gasteiger partial charge in [0.1, 0.15) is 31.3 Å². The van der Waals surface area contributed by atoms with Gasteiger partial charge in [-0.05, 0) is 60.0 Å². The van der Waals surface area contributed by atoms with E-state index in [4.69, 9.17) is 9.47 Å². The maximum absolute atomic E-state index is 13.1. The van der Waals surface area contributed by atoms with Gasteiger partial charge in [0.25, 0.3) is 0 Å². The molecule has 1 saturated heterocycles. The number of likely N-dealkylation sites (N-methyl/N-ethyl adjacent to an activating group) is 1. The third-order valence-electron chi connectivity index (χ3n) is 8.28. The first-order valence-electron chi connectivity index (χ1n) is 15.4. The van der Waals surface area contributed by atoms with Crippen LogP contribution in [0.25, 0.3) is 11.1 Å². The lowest BCUT2D eigenvalue weighted by Crippen LogP contribution is -2.53. The summed E-state index contributed by atoms with van der Waals surface area (Å²) in [7, 11) is 2.23. The van der Waals surface area contributed by atoms with Crippen molar-refractivity contribution in [1.82, 2.24) is 0 Å². The molecular formula is C37H40N3O5+. The molecule has 2 amide bonds. The lowest BCUT2D eigenvalue weighted by molar-refractivity contribution is -0.915. The van der Waals surface area contributed by atoms with E-state index in [9.17, 15) is 14.4 Å². The van der Waals surface area contributed by atoms with E-state index in [1.807, 2.05) is 78.9 Å². The number of nitrogens with one attached hydrogen (secondary N) is 2. The van der Waals surface area contributed by atoms with E-state index >= 15 is 0 Å². The Morgan fingerprint density at radius 3 is 2.24 bits per heavy atom. The number of anilines is 2. The molecule has 0 bridgehead atoms. The number of hydrogen-bond acceptors (Lipinski definition) is 5. The van der Waals surface area contributed by atoms with Crippen molar-refractivity contribution in [2.24, 2.45) is 0 Å². The minimum absolute atomic E-state index is 0.135. The fourth-order valence-electron chi connectivity index (χ4n) is 5.55. The van der Waals surface area contributed by atoms with Crippen molar-refractivity contribution >= 4 is 29.7 Å². The van der Waals surface area contributed by atoms with E-state index in [0.29, 0.717) is 30.0 Å². The van der Waals surface area contributed by atoms with Gasteiger partial charge in [-0.15, -0.1) is 0 Å². The monoisotopic (exact) mass is 606 g/mol. The normalized spacial score (nSPS) is 17.6. The van der Waals surface area contributed by atoms with Crippen molar-refractivity contribution in [2.75, 3.05) is 43.9 Å². The maximum Gasteiger partial charge on any atom is 0.411 e. The Labute approximate surface area is 264 Å². The first-order valence-corrected chi connectivity index (χ1v) is 15.4. The minimum Gasteiger partial charge on any atom is -0.488 e. The Hall–Kier alpha value is -4.95. The zero-order valence-electron chi connectivity index (χ0n) is 25.6. The summed E-state index contributed by atoms with van der Waals surface area (Å²) in [4.78, 5) is 36.6. The highest BCUT2D eigenvalue weighted by Gasteiger charge is 2.32. The summed E-state index contributed by atoms with van der Waals surface area (Å²) in [6, 6.07) is 32.3. The van der Waals surface area contributed by atoms with Crippen LogP contribution >= 0.6 is 0 Å². The van der Waals surface area contributed by atoms with E-state index in [2.05, 4.69) is 17.7 Å². The smallest absolute Gasteiger partial charge is 0.411 e. The molecule has 1 heterocycles. The van der Waals surface area contributed by atoms with Crippen LogP contribution in [-0.2, 0) is 16.0 Å². The van der Waals surface area contributed by atoms with Gasteiger partial charge in [0.15, 0.2) is 0 Å². The van der Waals surface area contributed by atoms with E-state index < -0.39 is 6.09 Å². The van der Waals surface area contributed by atoms with Gasteiger partial charge in [0.05, 0.1) is 25.8 Å². The Bertz CT molecular complexity index is 1570.